The summed E-state index contributed by atoms with van der Waals surface area (Å²) in [5.74, 6) is 1.80. The summed E-state index contributed by atoms with van der Waals surface area (Å²) in [7, 11) is 1.74. The number of likely N-dealkylation sites (tertiary alicyclic amines) is 1. The molecule has 17 heavy (non-hydrogen) atoms. The molecule has 2 nitrogen and oxygen atoms in total. The third-order valence-electron chi connectivity index (χ3n) is 3.42. The van der Waals surface area contributed by atoms with Crippen LogP contribution in [0.25, 0.3) is 0 Å². The third kappa shape index (κ3) is 3.23. The quantitative estimate of drug-likeness (QED) is 0.844. The number of ether oxygens (including phenoxy) is 1. The van der Waals surface area contributed by atoms with Gasteiger partial charge in [0.1, 0.15) is 5.75 Å². The molecule has 0 aromatic heterocycles. The van der Waals surface area contributed by atoms with E-state index < -0.39 is 0 Å². The van der Waals surface area contributed by atoms with E-state index in [4.69, 9.17) is 4.74 Å². The van der Waals surface area contributed by atoms with Gasteiger partial charge in [0, 0.05) is 23.1 Å². The smallest absolute Gasteiger partial charge is 0.124 e. The highest BCUT2D eigenvalue weighted by atomic mass is 79.9. The van der Waals surface area contributed by atoms with Gasteiger partial charge in [0.15, 0.2) is 0 Å². The van der Waals surface area contributed by atoms with Crippen molar-refractivity contribution in [1.82, 2.24) is 4.90 Å². The molecular weight excluding hydrogens is 278 g/mol. The van der Waals surface area contributed by atoms with Crippen LogP contribution in [0.2, 0.25) is 0 Å². The summed E-state index contributed by atoms with van der Waals surface area (Å²) < 4.78 is 6.59. The molecule has 3 heteroatoms. The van der Waals surface area contributed by atoms with E-state index in [2.05, 4.69) is 33.8 Å². The highest BCUT2D eigenvalue weighted by molar-refractivity contribution is 9.10. The summed E-state index contributed by atoms with van der Waals surface area (Å²) >= 11 is 3.62. The Labute approximate surface area is 112 Å². The first-order chi connectivity index (χ1) is 8.20. The average molecular weight is 298 g/mol. The van der Waals surface area contributed by atoms with Gasteiger partial charge in [-0.15, -0.1) is 0 Å². The van der Waals surface area contributed by atoms with Crippen LogP contribution >= 0.6 is 15.9 Å². The van der Waals surface area contributed by atoms with Crippen LogP contribution in [-0.2, 0) is 6.54 Å². The number of hydrogen-bond acceptors (Lipinski definition) is 2. The normalized spacial score (nSPS) is 21.5. The average Bonchev–Trinajstić information content (AvgIpc) is 2.32. The molecule has 0 bridgehead atoms. The lowest BCUT2D eigenvalue weighted by Gasteiger charge is -2.31. The molecule has 1 aromatic carbocycles. The monoisotopic (exact) mass is 297 g/mol. The number of halogens is 1. The Hall–Kier alpha value is -0.540. The third-order valence-corrected chi connectivity index (χ3v) is 4.16. The van der Waals surface area contributed by atoms with Crippen LogP contribution in [0.4, 0.5) is 0 Å². The molecule has 0 aliphatic carbocycles. The Morgan fingerprint density at radius 1 is 1.47 bits per heavy atom. The van der Waals surface area contributed by atoms with Crippen molar-refractivity contribution in [3.63, 3.8) is 0 Å². The van der Waals surface area contributed by atoms with E-state index in [0.29, 0.717) is 0 Å². The summed E-state index contributed by atoms with van der Waals surface area (Å²) in [6.07, 6.45) is 2.68. The molecule has 2 rings (SSSR count). The van der Waals surface area contributed by atoms with E-state index in [1.165, 1.54) is 31.5 Å². The molecule has 0 N–H and O–H groups in total. The van der Waals surface area contributed by atoms with Crippen molar-refractivity contribution in [3.05, 3.63) is 28.2 Å². The van der Waals surface area contributed by atoms with E-state index in [-0.39, 0.29) is 0 Å². The Bertz CT molecular complexity index is 380. The van der Waals surface area contributed by atoms with Crippen LogP contribution in [-0.4, -0.2) is 25.1 Å². The number of rotatable bonds is 3. The van der Waals surface area contributed by atoms with Gasteiger partial charge in [-0.3, -0.25) is 4.90 Å². The molecule has 1 heterocycles. The standard InChI is InChI=1S/C14H20BrNO/c1-11-5-4-8-16(9-11)10-12-13(15)6-3-7-14(12)17-2/h3,6-7,11H,4-5,8-10H2,1-2H3. The van der Waals surface area contributed by atoms with E-state index >= 15 is 0 Å². The maximum Gasteiger partial charge on any atom is 0.124 e. The van der Waals surface area contributed by atoms with Crippen molar-refractivity contribution in [3.8, 4) is 5.75 Å². The van der Waals surface area contributed by atoms with Gasteiger partial charge in [0.25, 0.3) is 0 Å². The second kappa shape index (κ2) is 5.87. The fourth-order valence-electron chi connectivity index (χ4n) is 2.54. The number of methoxy groups -OCH3 is 1. The minimum Gasteiger partial charge on any atom is -0.496 e. The van der Waals surface area contributed by atoms with Gasteiger partial charge in [-0.25, -0.2) is 0 Å². The SMILES string of the molecule is COc1cccc(Br)c1CN1CCCC(C)C1. The molecule has 0 saturated carbocycles. The summed E-state index contributed by atoms with van der Waals surface area (Å²) in [4.78, 5) is 2.52. The predicted octanol–water partition coefficient (Wildman–Crippen LogP) is 3.69. The Morgan fingerprint density at radius 3 is 3.00 bits per heavy atom. The second-order valence-electron chi connectivity index (χ2n) is 4.90. The lowest BCUT2D eigenvalue weighted by molar-refractivity contribution is 0.174. The van der Waals surface area contributed by atoms with Crippen molar-refractivity contribution < 1.29 is 4.74 Å². The highest BCUT2D eigenvalue weighted by Crippen LogP contribution is 2.29. The molecule has 1 aliphatic heterocycles. The first-order valence-corrected chi connectivity index (χ1v) is 7.03. The zero-order valence-corrected chi connectivity index (χ0v) is 12.2. The lowest BCUT2D eigenvalue weighted by Crippen LogP contribution is -2.33. The minimum atomic E-state index is 0.817. The molecule has 0 radical (unpaired) electrons. The number of benzene rings is 1. The zero-order valence-electron chi connectivity index (χ0n) is 10.6. The molecule has 1 unspecified atom stereocenters. The molecule has 0 amide bonds. The van der Waals surface area contributed by atoms with Gasteiger partial charge in [0.05, 0.1) is 7.11 Å². The largest absolute Gasteiger partial charge is 0.496 e. The zero-order chi connectivity index (χ0) is 12.3. The van der Waals surface area contributed by atoms with Crippen LogP contribution in [0.3, 0.4) is 0 Å². The molecule has 1 atom stereocenters. The van der Waals surface area contributed by atoms with Crippen molar-refractivity contribution in [2.75, 3.05) is 20.2 Å². The molecule has 1 aliphatic rings. The Morgan fingerprint density at radius 2 is 2.29 bits per heavy atom. The maximum absolute atomic E-state index is 5.44. The summed E-state index contributed by atoms with van der Waals surface area (Å²) in [5, 5.41) is 0. The minimum absolute atomic E-state index is 0.817. The van der Waals surface area contributed by atoms with Crippen LogP contribution < -0.4 is 4.74 Å². The number of piperidine rings is 1. The predicted molar refractivity (Wildman–Crippen MR) is 74.4 cm³/mol. The molecular formula is C14H20BrNO. The molecule has 0 spiro atoms. The first-order valence-electron chi connectivity index (χ1n) is 6.24. The van der Waals surface area contributed by atoms with Gasteiger partial charge in [-0.2, -0.15) is 0 Å². The van der Waals surface area contributed by atoms with Crippen molar-refractivity contribution in [1.29, 1.82) is 0 Å². The van der Waals surface area contributed by atoms with Gasteiger partial charge < -0.3 is 4.74 Å². The van der Waals surface area contributed by atoms with Crippen LogP contribution in [0.1, 0.15) is 25.3 Å². The van der Waals surface area contributed by atoms with Crippen molar-refractivity contribution in [2.45, 2.75) is 26.3 Å². The van der Waals surface area contributed by atoms with Crippen molar-refractivity contribution >= 4 is 15.9 Å². The van der Waals surface area contributed by atoms with E-state index in [1.54, 1.807) is 7.11 Å². The fourth-order valence-corrected chi connectivity index (χ4v) is 3.01. The first kappa shape index (κ1) is 12.9. The molecule has 1 saturated heterocycles. The lowest BCUT2D eigenvalue weighted by atomic mass is 10.00. The van der Waals surface area contributed by atoms with Gasteiger partial charge in [-0.1, -0.05) is 28.9 Å². The second-order valence-corrected chi connectivity index (χ2v) is 5.76. The molecule has 1 aromatic rings. The van der Waals surface area contributed by atoms with E-state index in [9.17, 15) is 0 Å². The summed E-state index contributed by atoms with van der Waals surface area (Å²) in [6, 6.07) is 6.14. The van der Waals surface area contributed by atoms with Gasteiger partial charge in [-0.05, 0) is 37.4 Å². The topological polar surface area (TPSA) is 12.5 Å². The van der Waals surface area contributed by atoms with Crippen LogP contribution in [0.15, 0.2) is 22.7 Å². The van der Waals surface area contributed by atoms with Gasteiger partial charge >= 0.3 is 0 Å². The van der Waals surface area contributed by atoms with E-state index in [1.807, 2.05) is 12.1 Å². The van der Waals surface area contributed by atoms with Crippen LogP contribution in [0.5, 0.6) is 5.75 Å². The van der Waals surface area contributed by atoms with Crippen LogP contribution in [0, 0.1) is 5.92 Å². The van der Waals surface area contributed by atoms with E-state index in [0.717, 1.165) is 22.7 Å². The fraction of sp³-hybridized carbons (Fsp3) is 0.571. The van der Waals surface area contributed by atoms with Crippen molar-refractivity contribution in [2.24, 2.45) is 5.92 Å². The maximum atomic E-state index is 5.44. The van der Waals surface area contributed by atoms with Gasteiger partial charge in [0.2, 0.25) is 0 Å². The highest BCUT2D eigenvalue weighted by Gasteiger charge is 2.18. The Balaban J connectivity index is 2.12. The number of hydrogen-bond donors (Lipinski definition) is 0. The summed E-state index contributed by atoms with van der Waals surface area (Å²) in [6.45, 7) is 5.72. The molecule has 1 fully saturated rings. The molecule has 94 valence electrons. The summed E-state index contributed by atoms with van der Waals surface area (Å²) in [5.41, 5.74) is 1.27. The Kier molecular flexibility index (Phi) is 4.46. The number of nitrogens with zero attached hydrogens (tertiary/aromatic N) is 1.